The SMILES string of the molecule is CC[C@@H]1O[C@H](C)CC/C=C\[C@@H]2C[C@@]2(C(=O)NS(=O)(=O)C2(CF)CC2)NC(=O)[C@@H]2C[C@@H](O)CN2C(=O)[C@H]1NC(=O)OC(C)(C)C. The molecule has 4 aliphatic rings. The molecule has 7 atom stereocenters. The van der Waals surface area contributed by atoms with Crippen LogP contribution in [-0.2, 0) is 33.9 Å². The second-order valence-electron chi connectivity index (χ2n) is 13.4. The summed E-state index contributed by atoms with van der Waals surface area (Å²) >= 11 is 0. The largest absolute Gasteiger partial charge is 0.444 e. The fourth-order valence-electron chi connectivity index (χ4n) is 5.82. The number of ether oxygens (including phenoxy) is 2. The smallest absolute Gasteiger partial charge is 0.408 e. The highest BCUT2D eigenvalue weighted by molar-refractivity contribution is 7.91. The lowest BCUT2D eigenvalue weighted by Gasteiger charge is -2.34. The predicted octanol–water partition coefficient (Wildman–Crippen LogP) is 1.20. The van der Waals surface area contributed by atoms with Crippen LogP contribution >= 0.6 is 0 Å². The molecule has 4 rings (SSSR count). The third-order valence-electron chi connectivity index (χ3n) is 8.71. The van der Waals surface area contributed by atoms with E-state index >= 15 is 0 Å². The number of hydrogen-bond acceptors (Lipinski definition) is 9. The molecule has 0 bridgehead atoms. The quantitative estimate of drug-likeness (QED) is 0.309. The van der Waals surface area contributed by atoms with Crippen LogP contribution in [0, 0.1) is 5.92 Å². The van der Waals surface area contributed by atoms with E-state index in [-0.39, 0.29) is 38.3 Å². The predicted molar refractivity (Wildman–Crippen MR) is 156 cm³/mol. The Morgan fingerprint density at radius 3 is 2.55 bits per heavy atom. The molecule has 1 saturated heterocycles. The summed E-state index contributed by atoms with van der Waals surface area (Å²) in [6.07, 6.45) is 1.98. The number of fused-ring (bicyclic) bond motifs is 2. The van der Waals surface area contributed by atoms with Gasteiger partial charge in [-0.25, -0.2) is 17.6 Å². The van der Waals surface area contributed by atoms with Gasteiger partial charge in [0.1, 0.15) is 34.6 Å². The second kappa shape index (κ2) is 12.5. The van der Waals surface area contributed by atoms with Gasteiger partial charge < -0.3 is 30.1 Å². The number of halogens is 1. The minimum atomic E-state index is -4.35. The molecule has 4 amide bonds. The van der Waals surface area contributed by atoms with E-state index < -0.39 is 86.6 Å². The number of aliphatic hydroxyl groups excluding tert-OH is 1. The zero-order chi connectivity index (χ0) is 32.7. The Balaban J connectivity index is 1.65. The lowest BCUT2D eigenvalue weighted by molar-refractivity contribution is -0.145. The number of amides is 4. The second-order valence-corrected chi connectivity index (χ2v) is 15.5. The first-order chi connectivity index (χ1) is 20.5. The Bertz CT molecular complexity index is 1280. The molecule has 2 aliphatic heterocycles. The van der Waals surface area contributed by atoms with E-state index in [0.29, 0.717) is 19.3 Å². The highest BCUT2D eigenvalue weighted by Crippen LogP contribution is 2.47. The molecule has 2 heterocycles. The van der Waals surface area contributed by atoms with Crippen LogP contribution < -0.4 is 15.4 Å². The van der Waals surface area contributed by atoms with Crippen molar-refractivity contribution in [1.82, 2.24) is 20.3 Å². The van der Waals surface area contributed by atoms with E-state index in [1.807, 2.05) is 17.7 Å². The summed E-state index contributed by atoms with van der Waals surface area (Å²) in [5.41, 5.74) is -2.49. The number of alkyl halides is 1. The number of carbonyl (C=O) groups excluding carboxylic acids is 4. The number of allylic oxidation sites excluding steroid dienone is 1. The van der Waals surface area contributed by atoms with Crippen molar-refractivity contribution >= 4 is 33.8 Å². The minimum Gasteiger partial charge on any atom is -0.444 e. The number of carbonyl (C=O) groups is 4. The van der Waals surface area contributed by atoms with Gasteiger partial charge in [0.25, 0.3) is 5.91 Å². The van der Waals surface area contributed by atoms with Gasteiger partial charge >= 0.3 is 6.09 Å². The summed E-state index contributed by atoms with van der Waals surface area (Å²) in [7, 11) is -4.35. The van der Waals surface area contributed by atoms with Crippen molar-refractivity contribution in [1.29, 1.82) is 0 Å². The average Bonchev–Trinajstić information content (AvgIpc) is 3.82. The van der Waals surface area contributed by atoms with Crippen molar-refractivity contribution in [3.63, 3.8) is 0 Å². The first-order valence-electron chi connectivity index (χ1n) is 15.2. The van der Waals surface area contributed by atoms with Crippen molar-refractivity contribution in [2.24, 2.45) is 5.92 Å². The van der Waals surface area contributed by atoms with Gasteiger partial charge in [0.2, 0.25) is 21.8 Å². The summed E-state index contributed by atoms with van der Waals surface area (Å²) in [6, 6.07) is -2.49. The zero-order valence-electron chi connectivity index (χ0n) is 25.9. The van der Waals surface area contributed by atoms with E-state index in [0.717, 1.165) is 4.90 Å². The standard InChI is InChI=1S/C29H45FN4O9S/c1-6-21-22(31-26(39)43-27(3,4)5)24(37)34-15-19(35)13-20(34)23(36)32-29(14-18(29)10-8-7-9-17(2)42-21)25(38)33-44(40,41)28(16-30)11-12-28/h8,10,17-22,35H,6-7,9,11-16H2,1-5H3,(H,31,39)(H,32,36)(H,33,38)/b10-8-/t17-,18-,19-,20+,21+,22+,29-/m1/s1. The number of hydrogen-bond donors (Lipinski definition) is 4. The third kappa shape index (κ3) is 7.20. The van der Waals surface area contributed by atoms with Gasteiger partial charge in [-0.2, -0.15) is 0 Å². The molecule has 2 aliphatic carbocycles. The number of sulfonamides is 1. The monoisotopic (exact) mass is 644 g/mol. The molecule has 4 N–H and O–H groups in total. The summed E-state index contributed by atoms with van der Waals surface area (Å²) in [4.78, 5) is 55.2. The molecule has 44 heavy (non-hydrogen) atoms. The molecule has 3 fully saturated rings. The summed E-state index contributed by atoms with van der Waals surface area (Å²) in [5, 5.41) is 15.8. The van der Waals surface area contributed by atoms with Crippen molar-refractivity contribution < 1.29 is 46.6 Å². The Kier molecular flexibility index (Phi) is 9.72. The lowest BCUT2D eigenvalue weighted by atomic mass is 10.0. The van der Waals surface area contributed by atoms with Gasteiger partial charge in [-0.05, 0) is 66.2 Å². The van der Waals surface area contributed by atoms with E-state index in [2.05, 4.69) is 10.6 Å². The molecule has 0 spiro atoms. The van der Waals surface area contributed by atoms with Gasteiger partial charge in [0.15, 0.2) is 0 Å². The van der Waals surface area contributed by atoms with Crippen molar-refractivity contribution in [2.45, 2.75) is 126 Å². The van der Waals surface area contributed by atoms with Gasteiger partial charge in [0.05, 0.1) is 18.3 Å². The molecule has 15 heteroatoms. The highest BCUT2D eigenvalue weighted by atomic mass is 32.2. The summed E-state index contributed by atoms with van der Waals surface area (Å²) in [6.45, 7) is 7.30. The average molecular weight is 645 g/mol. The van der Waals surface area contributed by atoms with Crippen LogP contribution in [0.4, 0.5) is 9.18 Å². The van der Waals surface area contributed by atoms with Crippen molar-refractivity contribution in [3.8, 4) is 0 Å². The van der Waals surface area contributed by atoms with E-state index in [4.69, 9.17) is 9.47 Å². The number of nitrogens with one attached hydrogen (secondary N) is 3. The van der Waals surface area contributed by atoms with Crippen LogP contribution in [0.1, 0.15) is 79.6 Å². The van der Waals surface area contributed by atoms with Crippen molar-refractivity contribution in [3.05, 3.63) is 12.2 Å². The first kappa shape index (κ1) is 34.1. The van der Waals surface area contributed by atoms with Gasteiger partial charge in [-0.3, -0.25) is 19.1 Å². The van der Waals surface area contributed by atoms with Gasteiger partial charge in [-0.1, -0.05) is 19.1 Å². The number of rotatable bonds is 6. The van der Waals surface area contributed by atoms with E-state index in [1.54, 1.807) is 33.8 Å². The van der Waals surface area contributed by atoms with Gasteiger partial charge in [-0.15, -0.1) is 0 Å². The molecule has 0 aromatic carbocycles. The Morgan fingerprint density at radius 2 is 1.95 bits per heavy atom. The van der Waals surface area contributed by atoms with Crippen LogP contribution in [0.15, 0.2) is 12.2 Å². The molecular formula is C29H45FN4O9S. The Labute approximate surface area is 257 Å². The maximum Gasteiger partial charge on any atom is 0.408 e. The summed E-state index contributed by atoms with van der Waals surface area (Å²) in [5.74, 6) is -2.97. The van der Waals surface area contributed by atoms with Crippen molar-refractivity contribution in [2.75, 3.05) is 13.2 Å². The number of nitrogens with zero attached hydrogens (tertiary/aromatic N) is 1. The maximum atomic E-state index is 14.1. The number of aliphatic hydroxyl groups is 1. The highest BCUT2D eigenvalue weighted by Gasteiger charge is 2.64. The molecule has 0 unspecified atom stereocenters. The van der Waals surface area contributed by atoms with E-state index in [9.17, 15) is 37.1 Å². The van der Waals surface area contributed by atoms with Crippen LogP contribution in [0.2, 0.25) is 0 Å². The lowest BCUT2D eigenvalue weighted by Crippen LogP contribution is -2.60. The van der Waals surface area contributed by atoms with Crippen LogP contribution in [0.3, 0.4) is 0 Å². The van der Waals surface area contributed by atoms with Crippen LogP contribution in [0.25, 0.3) is 0 Å². The van der Waals surface area contributed by atoms with Gasteiger partial charge in [0, 0.05) is 18.9 Å². The van der Waals surface area contributed by atoms with Crippen LogP contribution in [0.5, 0.6) is 0 Å². The van der Waals surface area contributed by atoms with Crippen LogP contribution in [-0.4, -0.2) is 102 Å². The summed E-state index contributed by atoms with van der Waals surface area (Å²) < 4.78 is 51.3. The fourth-order valence-corrected chi connectivity index (χ4v) is 7.25. The molecule has 2 saturated carbocycles. The Morgan fingerprint density at radius 1 is 1.27 bits per heavy atom. The number of alkyl carbamates (subject to hydrolysis) is 1. The third-order valence-corrected chi connectivity index (χ3v) is 10.8. The van der Waals surface area contributed by atoms with E-state index in [1.165, 1.54) is 0 Å². The molecule has 0 radical (unpaired) electrons. The maximum absolute atomic E-state index is 14.1. The topological polar surface area (TPSA) is 180 Å². The normalized spacial score (nSPS) is 34.8. The minimum absolute atomic E-state index is 0.0867. The Hall–Kier alpha value is -2.78. The molecule has 0 aromatic rings. The molecule has 248 valence electrons. The molecule has 13 nitrogen and oxygen atoms in total. The fraction of sp³-hybridized carbons (Fsp3) is 0.793. The molecule has 0 aromatic heterocycles. The zero-order valence-corrected chi connectivity index (χ0v) is 26.7. The first-order valence-corrected chi connectivity index (χ1v) is 16.7. The molecular weight excluding hydrogens is 599 g/mol.